The number of thioether (sulfide) groups is 1. The van der Waals surface area contributed by atoms with E-state index in [-0.39, 0.29) is 23.8 Å². The number of rotatable bonds is 8. The van der Waals surface area contributed by atoms with E-state index in [4.69, 9.17) is 0 Å². The van der Waals surface area contributed by atoms with Crippen molar-refractivity contribution in [3.63, 3.8) is 0 Å². The van der Waals surface area contributed by atoms with Gasteiger partial charge >= 0.3 is 0 Å². The number of halogens is 2. The Hall–Kier alpha value is -3.27. The first-order valence-electron chi connectivity index (χ1n) is 9.94. The maximum absolute atomic E-state index is 13.7. The number of carbonyl (C=O) groups excluding carboxylic acids is 2. The quantitative estimate of drug-likeness (QED) is 0.495. The number of nitrogens with zero attached hydrogens (tertiary/aromatic N) is 3. The van der Waals surface area contributed by atoms with E-state index >= 15 is 0 Å². The summed E-state index contributed by atoms with van der Waals surface area (Å²) in [4.78, 5) is 24.7. The monoisotopic (exact) mass is 459 g/mol. The number of hydrogen-bond donors (Lipinski definition) is 2. The number of anilines is 2. The fraction of sp³-hybridized carbons (Fsp3) is 0.273. The smallest absolute Gasteiger partial charge is 0.234 e. The van der Waals surface area contributed by atoms with Gasteiger partial charge in [-0.2, -0.15) is 0 Å². The standard InChI is InChI=1S/C22H23F2N5O2S/c1-4-29-19(11-20(30)25-17-7-5-6-13(2)14(17)3)27-28-22(29)32-12-21(31)26-18-9-8-15(23)10-16(18)24/h5-10H,4,11-12H2,1-3H3,(H,25,30)(H,26,31). The molecule has 0 aliphatic heterocycles. The zero-order valence-corrected chi connectivity index (χ0v) is 18.7. The van der Waals surface area contributed by atoms with E-state index in [2.05, 4.69) is 20.8 Å². The van der Waals surface area contributed by atoms with Gasteiger partial charge < -0.3 is 15.2 Å². The number of nitrogens with one attached hydrogen (secondary N) is 2. The van der Waals surface area contributed by atoms with Gasteiger partial charge in [0.1, 0.15) is 17.5 Å². The predicted molar refractivity (Wildman–Crippen MR) is 120 cm³/mol. The van der Waals surface area contributed by atoms with E-state index in [0.717, 1.165) is 40.7 Å². The Kier molecular flexibility index (Phi) is 7.57. The summed E-state index contributed by atoms with van der Waals surface area (Å²) in [5.41, 5.74) is 2.73. The lowest BCUT2D eigenvalue weighted by Gasteiger charge is -2.11. The van der Waals surface area contributed by atoms with E-state index in [9.17, 15) is 18.4 Å². The summed E-state index contributed by atoms with van der Waals surface area (Å²) in [6.45, 7) is 6.31. The fourth-order valence-electron chi connectivity index (χ4n) is 3.01. The van der Waals surface area contributed by atoms with Gasteiger partial charge in [-0.15, -0.1) is 10.2 Å². The van der Waals surface area contributed by atoms with Crippen LogP contribution in [0.15, 0.2) is 41.6 Å². The molecule has 0 saturated heterocycles. The van der Waals surface area contributed by atoms with Crippen LogP contribution in [0, 0.1) is 25.5 Å². The highest BCUT2D eigenvalue weighted by Crippen LogP contribution is 2.21. The highest BCUT2D eigenvalue weighted by Gasteiger charge is 2.17. The summed E-state index contributed by atoms with van der Waals surface area (Å²) >= 11 is 1.11. The minimum Gasteiger partial charge on any atom is -0.325 e. The van der Waals surface area contributed by atoms with Crippen LogP contribution in [0.5, 0.6) is 0 Å². The van der Waals surface area contributed by atoms with Gasteiger partial charge in [-0.25, -0.2) is 8.78 Å². The van der Waals surface area contributed by atoms with Crippen LogP contribution in [0.25, 0.3) is 0 Å². The zero-order valence-electron chi connectivity index (χ0n) is 17.9. The summed E-state index contributed by atoms with van der Waals surface area (Å²) in [6.07, 6.45) is 0.0295. The molecular formula is C22H23F2N5O2S. The molecule has 2 aromatic carbocycles. The third-order valence-electron chi connectivity index (χ3n) is 4.84. The Labute approximate surface area is 188 Å². The summed E-state index contributed by atoms with van der Waals surface area (Å²) < 4.78 is 28.4. The Balaban J connectivity index is 1.61. The van der Waals surface area contributed by atoms with Gasteiger partial charge in [-0.3, -0.25) is 9.59 Å². The molecule has 32 heavy (non-hydrogen) atoms. The molecule has 0 atom stereocenters. The molecule has 10 heteroatoms. The Bertz CT molecular complexity index is 1150. The largest absolute Gasteiger partial charge is 0.325 e. The van der Waals surface area contributed by atoms with E-state index in [1.165, 1.54) is 0 Å². The molecule has 0 radical (unpaired) electrons. The zero-order chi connectivity index (χ0) is 23.3. The van der Waals surface area contributed by atoms with Crippen molar-refractivity contribution in [3.05, 3.63) is 65.0 Å². The number of carbonyl (C=O) groups is 2. The molecule has 0 fully saturated rings. The van der Waals surface area contributed by atoms with Gasteiger partial charge in [-0.1, -0.05) is 23.9 Å². The predicted octanol–water partition coefficient (Wildman–Crippen LogP) is 4.11. The lowest BCUT2D eigenvalue weighted by atomic mass is 10.1. The summed E-state index contributed by atoms with van der Waals surface area (Å²) in [7, 11) is 0. The van der Waals surface area contributed by atoms with Gasteiger partial charge in [0.05, 0.1) is 17.9 Å². The van der Waals surface area contributed by atoms with Gasteiger partial charge in [0.2, 0.25) is 11.8 Å². The van der Waals surface area contributed by atoms with Crippen LogP contribution in [0.4, 0.5) is 20.2 Å². The van der Waals surface area contributed by atoms with Crippen LogP contribution >= 0.6 is 11.8 Å². The van der Waals surface area contributed by atoms with Crippen molar-refractivity contribution < 1.29 is 18.4 Å². The number of aryl methyl sites for hydroxylation is 1. The van der Waals surface area contributed by atoms with Crippen molar-refractivity contribution in [2.24, 2.45) is 0 Å². The molecule has 0 bridgehead atoms. The molecular weight excluding hydrogens is 436 g/mol. The van der Waals surface area contributed by atoms with Crippen LogP contribution < -0.4 is 10.6 Å². The molecule has 0 unspecified atom stereocenters. The molecule has 0 saturated carbocycles. The van der Waals surface area contributed by atoms with Crippen molar-refractivity contribution in [1.82, 2.24) is 14.8 Å². The van der Waals surface area contributed by atoms with Crippen molar-refractivity contribution >= 4 is 35.0 Å². The second-order valence-corrected chi connectivity index (χ2v) is 8.02. The summed E-state index contributed by atoms with van der Waals surface area (Å²) in [6, 6.07) is 8.62. The van der Waals surface area contributed by atoms with Gasteiger partial charge in [0.25, 0.3) is 0 Å². The molecule has 2 N–H and O–H groups in total. The topological polar surface area (TPSA) is 88.9 Å². The van der Waals surface area contributed by atoms with E-state index < -0.39 is 17.5 Å². The van der Waals surface area contributed by atoms with Crippen molar-refractivity contribution in [2.45, 2.75) is 38.9 Å². The number of hydrogen-bond acceptors (Lipinski definition) is 5. The number of benzene rings is 2. The maximum Gasteiger partial charge on any atom is 0.234 e. The first kappa shape index (κ1) is 23.4. The minimum atomic E-state index is -0.850. The van der Waals surface area contributed by atoms with Crippen LogP contribution in [-0.4, -0.2) is 32.3 Å². The SMILES string of the molecule is CCn1c(CC(=O)Nc2cccc(C)c2C)nnc1SCC(=O)Nc1ccc(F)cc1F. The van der Waals surface area contributed by atoms with E-state index in [0.29, 0.717) is 23.6 Å². The third kappa shape index (κ3) is 5.70. The van der Waals surface area contributed by atoms with Crippen LogP contribution in [0.2, 0.25) is 0 Å². The first-order chi connectivity index (χ1) is 15.3. The van der Waals surface area contributed by atoms with Gasteiger partial charge in [-0.05, 0) is 50.1 Å². The van der Waals surface area contributed by atoms with E-state index in [1.54, 1.807) is 4.57 Å². The second kappa shape index (κ2) is 10.4. The van der Waals surface area contributed by atoms with Crippen LogP contribution in [0.1, 0.15) is 23.9 Å². The van der Waals surface area contributed by atoms with Gasteiger partial charge in [0, 0.05) is 18.3 Å². The second-order valence-electron chi connectivity index (χ2n) is 7.08. The lowest BCUT2D eigenvalue weighted by molar-refractivity contribution is -0.116. The highest BCUT2D eigenvalue weighted by atomic mass is 32.2. The van der Waals surface area contributed by atoms with Crippen molar-refractivity contribution in [2.75, 3.05) is 16.4 Å². The van der Waals surface area contributed by atoms with Crippen molar-refractivity contribution in [1.29, 1.82) is 0 Å². The molecule has 0 aliphatic rings. The molecule has 7 nitrogen and oxygen atoms in total. The molecule has 3 rings (SSSR count). The Morgan fingerprint density at radius 3 is 2.50 bits per heavy atom. The minimum absolute atomic E-state index is 0.0295. The number of amides is 2. The molecule has 0 aliphatic carbocycles. The fourth-order valence-corrected chi connectivity index (χ4v) is 3.83. The molecule has 1 heterocycles. The average molecular weight is 460 g/mol. The molecule has 3 aromatic rings. The third-order valence-corrected chi connectivity index (χ3v) is 5.81. The normalized spacial score (nSPS) is 10.8. The molecule has 168 valence electrons. The molecule has 0 spiro atoms. The Morgan fingerprint density at radius 1 is 1.03 bits per heavy atom. The molecule has 2 amide bonds. The maximum atomic E-state index is 13.7. The lowest BCUT2D eigenvalue weighted by Crippen LogP contribution is -2.18. The average Bonchev–Trinajstić information content (AvgIpc) is 3.13. The Morgan fingerprint density at radius 2 is 1.78 bits per heavy atom. The van der Waals surface area contributed by atoms with Gasteiger partial charge in [0.15, 0.2) is 5.16 Å². The van der Waals surface area contributed by atoms with Crippen molar-refractivity contribution in [3.8, 4) is 0 Å². The first-order valence-corrected chi connectivity index (χ1v) is 10.9. The van der Waals surface area contributed by atoms with E-state index in [1.807, 2.05) is 39.0 Å². The highest BCUT2D eigenvalue weighted by molar-refractivity contribution is 7.99. The summed E-state index contributed by atoms with van der Waals surface area (Å²) in [5, 5.41) is 13.9. The van der Waals surface area contributed by atoms with Crippen LogP contribution in [-0.2, 0) is 22.6 Å². The molecule has 1 aromatic heterocycles. The van der Waals surface area contributed by atoms with Crippen LogP contribution in [0.3, 0.4) is 0 Å². The summed E-state index contributed by atoms with van der Waals surface area (Å²) in [5.74, 6) is -1.84. The number of aromatic nitrogens is 3.